The number of phenols is 6. The number of rotatable bonds is 6. The zero-order chi connectivity index (χ0) is 38.1. The number of carbonyl (C=O) groups is 2. The standard InChI is InChI=1S/C36H32O17/c37-12-25-30(45)32(47)35(48)36(49,53-25)52-24-11-21(44)26-20(43)10-22(14-3-6-17(40)18(41)7-14)50-34(26)28(24)29-31(46)27-19(42)8-16(39)9-23(27)51-33(29)13-1-4-15(38)5-2-13/h1-9,11,22,25,29-30,32-33,35,37-42,44-45,47-49H,10,12H2/t22?,25-,29?,30-,32+,33?,35-,36+/m1/s1. The summed E-state index contributed by atoms with van der Waals surface area (Å²) in [6, 6.07) is 11.6. The molecule has 0 amide bonds. The van der Waals surface area contributed by atoms with Crippen molar-refractivity contribution < 1.29 is 84.7 Å². The van der Waals surface area contributed by atoms with Gasteiger partial charge in [0, 0.05) is 18.2 Å². The first-order valence-corrected chi connectivity index (χ1v) is 16.0. The van der Waals surface area contributed by atoms with E-state index >= 15 is 0 Å². The number of aliphatic hydroxyl groups is 5. The van der Waals surface area contributed by atoms with Crippen molar-refractivity contribution in [3.8, 4) is 51.7 Å². The molecule has 11 N–H and O–H groups in total. The Balaban J connectivity index is 1.49. The molecule has 4 aromatic rings. The maximum absolute atomic E-state index is 14.7. The average Bonchev–Trinajstić information content (AvgIpc) is 3.10. The molecule has 3 aliphatic heterocycles. The molecule has 8 atom stereocenters. The van der Waals surface area contributed by atoms with E-state index in [1.807, 2.05) is 0 Å². The number of ether oxygens (including phenoxy) is 4. The van der Waals surface area contributed by atoms with E-state index in [-0.39, 0.29) is 22.6 Å². The lowest BCUT2D eigenvalue weighted by atomic mass is 9.78. The van der Waals surface area contributed by atoms with Crippen LogP contribution in [-0.2, 0) is 4.74 Å². The van der Waals surface area contributed by atoms with Crippen LogP contribution >= 0.6 is 0 Å². The number of ketones is 2. The molecule has 0 radical (unpaired) electrons. The number of hydrogen-bond acceptors (Lipinski definition) is 17. The van der Waals surface area contributed by atoms with Crippen molar-refractivity contribution in [2.75, 3.05) is 6.61 Å². The molecule has 53 heavy (non-hydrogen) atoms. The van der Waals surface area contributed by atoms with Crippen molar-refractivity contribution in [2.45, 2.75) is 54.9 Å². The van der Waals surface area contributed by atoms with E-state index in [0.717, 1.165) is 30.3 Å². The van der Waals surface area contributed by atoms with Crippen LogP contribution in [-0.4, -0.2) is 105 Å². The molecule has 17 nitrogen and oxygen atoms in total. The van der Waals surface area contributed by atoms with Gasteiger partial charge in [-0.2, -0.15) is 0 Å². The predicted molar refractivity (Wildman–Crippen MR) is 174 cm³/mol. The molecule has 0 bridgehead atoms. The van der Waals surface area contributed by atoms with Crippen LogP contribution in [0, 0.1) is 0 Å². The summed E-state index contributed by atoms with van der Waals surface area (Å²) in [5.41, 5.74) is -1.04. The minimum atomic E-state index is -3.32. The maximum atomic E-state index is 14.7. The van der Waals surface area contributed by atoms with E-state index in [0.29, 0.717) is 0 Å². The maximum Gasteiger partial charge on any atom is 0.355 e. The number of aliphatic hydroxyl groups excluding tert-OH is 4. The molecule has 17 heteroatoms. The Labute approximate surface area is 297 Å². The highest BCUT2D eigenvalue weighted by molar-refractivity contribution is 6.09. The SMILES string of the molecule is O=C1CC(c2ccc(O)c(O)c2)Oc2c1c(O)cc(O[C@]1(O)O[C@H](CO)[C@@H](O)[C@H](O)[C@H]1O)c2C1C(=O)c2c(O)cc(O)cc2OC1c1ccc(O)cc1. The van der Waals surface area contributed by atoms with Crippen LogP contribution in [0.25, 0.3) is 0 Å². The molecule has 1 fully saturated rings. The van der Waals surface area contributed by atoms with E-state index in [1.54, 1.807) is 0 Å². The summed E-state index contributed by atoms with van der Waals surface area (Å²) in [4.78, 5) is 28.5. The molecule has 0 saturated carbocycles. The Morgan fingerprint density at radius 3 is 2.09 bits per heavy atom. The number of fused-ring (bicyclic) bond motifs is 2. The van der Waals surface area contributed by atoms with Gasteiger partial charge in [0.25, 0.3) is 0 Å². The van der Waals surface area contributed by atoms with Gasteiger partial charge in [0.1, 0.15) is 81.9 Å². The topological polar surface area (TPSA) is 294 Å². The van der Waals surface area contributed by atoms with Crippen molar-refractivity contribution in [1.82, 2.24) is 0 Å². The fraction of sp³-hybridized carbons (Fsp3) is 0.278. The van der Waals surface area contributed by atoms with Gasteiger partial charge in [-0.25, -0.2) is 0 Å². The van der Waals surface area contributed by atoms with Gasteiger partial charge in [0.15, 0.2) is 29.2 Å². The fourth-order valence-electron chi connectivity index (χ4n) is 6.79. The first-order chi connectivity index (χ1) is 25.1. The van der Waals surface area contributed by atoms with E-state index in [4.69, 9.17) is 18.9 Å². The summed E-state index contributed by atoms with van der Waals surface area (Å²) in [5, 5.41) is 116. The Hall–Kier alpha value is -5.82. The molecule has 0 aliphatic carbocycles. The van der Waals surface area contributed by atoms with Crippen LogP contribution in [0.5, 0.6) is 51.7 Å². The van der Waals surface area contributed by atoms with Gasteiger partial charge >= 0.3 is 5.97 Å². The first kappa shape index (κ1) is 35.6. The Kier molecular flexibility index (Phi) is 8.72. The third-order valence-electron chi connectivity index (χ3n) is 9.41. The fourth-order valence-corrected chi connectivity index (χ4v) is 6.79. The lowest BCUT2D eigenvalue weighted by Crippen LogP contribution is -2.67. The largest absolute Gasteiger partial charge is 0.508 e. The van der Waals surface area contributed by atoms with Gasteiger partial charge in [0.2, 0.25) is 0 Å². The van der Waals surface area contributed by atoms with Crippen molar-refractivity contribution in [3.05, 3.63) is 88.5 Å². The highest BCUT2D eigenvalue weighted by atomic mass is 16.8. The van der Waals surface area contributed by atoms with Gasteiger partial charge in [-0.3, -0.25) is 9.59 Å². The summed E-state index contributed by atoms with van der Waals surface area (Å²) in [5.74, 6) is -11.5. The summed E-state index contributed by atoms with van der Waals surface area (Å²) >= 11 is 0. The van der Waals surface area contributed by atoms with Crippen LogP contribution in [0.3, 0.4) is 0 Å². The van der Waals surface area contributed by atoms with Gasteiger partial charge in [-0.05, 0) is 35.4 Å². The van der Waals surface area contributed by atoms with Gasteiger partial charge in [-0.1, -0.05) is 18.2 Å². The van der Waals surface area contributed by atoms with Gasteiger partial charge in [0.05, 0.1) is 24.5 Å². The zero-order valence-corrected chi connectivity index (χ0v) is 27.1. The quantitative estimate of drug-likeness (QED) is 0.0980. The highest BCUT2D eigenvalue weighted by Gasteiger charge is 2.56. The smallest absolute Gasteiger partial charge is 0.355 e. The molecule has 7 rings (SSSR count). The van der Waals surface area contributed by atoms with E-state index in [9.17, 15) is 65.8 Å². The van der Waals surface area contributed by atoms with Crippen molar-refractivity contribution in [2.24, 2.45) is 0 Å². The van der Waals surface area contributed by atoms with Crippen molar-refractivity contribution >= 4 is 11.6 Å². The zero-order valence-electron chi connectivity index (χ0n) is 27.1. The second-order valence-electron chi connectivity index (χ2n) is 12.8. The summed E-state index contributed by atoms with van der Waals surface area (Å²) < 4.78 is 23.6. The second-order valence-corrected chi connectivity index (χ2v) is 12.8. The molecule has 0 aromatic heterocycles. The van der Waals surface area contributed by atoms with Crippen LogP contribution in [0.4, 0.5) is 0 Å². The van der Waals surface area contributed by atoms with Crippen LogP contribution in [0.2, 0.25) is 0 Å². The molecule has 3 heterocycles. The average molecular weight is 737 g/mol. The Morgan fingerprint density at radius 2 is 1.42 bits per heavy atom. The second kappa shape index (κ2) is 13.0. The highest BCUT2D eigenvalue weighted by Crippen LogP contribution is 2.56. The summed E-state index contributed by atoms with van der Waals surface area (Å²) in [6.07, 6.45) is -11.5. The molecule has 3 unspecified atom stereocenters. The molecular weight excluding hydrogens is 704 g/mol. The molecule has 3 aliphatic rings. The minimum absolute atomic E-state index is 0.156. The van der Waals surface area contributed by atoms with Crippen molar-refractivity contribution in [1.29, 1.82) is 0 Å². The molecule has 0 spiro atoms. The van der Waals surface area contributed by atoms with Crippen LogP contribution in [0.15, 0.2) is 60.7 Å². The number of phenolic OH excluding ortho intramolecular Hbond substituents is 6. The first-order valence-electron chi connectivity index (χ1n) is 16.0. The number of benzene rings is 4. The van der Waals surface area contributed by atoms with E-state index in [2.05, 4.69) is 0 Å². The predicted octanol–water partition coefficient (Wildman–Crippen LogP) is 1.23. The van der Waals surface area contributed by atoms with E-state index in [1.165, 1.54) is 30.3 Å². The lowest BCUT2D eigenvalue weighted by Gasteiger charge is -2.45. The molecule has 1 saturated heterocycles. The van der Waals surface area contributed by atoms with E-state index < -0.39 is 130 Å². The Bertz CT molecular complexity index is 2110. The third kappa shape index (κ3) is 5.94. The number of Topliss-reactive ketones (excluding diaryl/α,β-unsaturated/α-hetero) is 2. The third-order valence-corrected chi connectivity index (χ3v) is 9.41. The molecular formula is C36H32O17. The Morgan fingerprint density at radius 1 is 0.736 bits per heavy atom. The number of aromatic hydroxyl groups is 6. The van der Waals surface area contributed by atoms with Crippen LogP contribution < -0.4 is 14.2 Å². The summed E-state index contributed by atoms with van der Waals surface area (Å²) in [7, 11) is 0. The number of carbonyl (C=O) groups excluding carboxylic acids is 2. The molecule has 4 aromatic carbocycles. The van der Waals surface area contributed by atoms with Gasteiger partial charge in [-0.15, -0.1) is 0 Å². The monoisotopic (exact) mass is 736 g/mol. The van der Waals surface area contributed by atoms with Crippen LogP contribution in [0.1, 0.15) is 62.0 Å². The molecule has 278 valence electrons. The summed E-state index contributed by atoms with van der Waals surface area (Å²) in [6.45, 7) is -0.988. The lowest BCUT2D eigenvalue weighted by molar-refractivity contribution is -0.422. The number of hydrogen-bond donors (Lipinski definition) is 11. The normalized spacial score (nSPS) is 28.0. The van der Waals surface area contributed by atoms with Crippen molar-refractivity contribution in [3.63, 3.8) is 0 Å². The minimum Gasteiger partial charge on any atom is -0.508 e. The van der Waals surface area contributed by atoms with Gasteiger partial charge < -0.3 is 75.1 Å².